The molecule has 1 aliphatic heterocycles. The number of hydrogen-bond donors (Lipinski definition) is 0. The molecule has 134 valence electrons. The van der Waals surface area contributed by atoms with Crippen molar-refractivity contribution < 1.29 is 12.8 Å². The Bertz CT molecular complexity index is 784. The van der Waals surface area contributed by atoms with Crippen LogP contribution < -0.4 is 0 Å². The normalized spacial score (nSPS) is 16.8. The molecule has 3 nitrogen and oxygen atoms in total. The van der Waals surface area contributed by atoms with Gasteiger partial charge in [-0.05, 0) is 54.9 Å². The number of piperidine rings is 1. The zero-order valence-electron chi connectivity index (χ0n) is 14.3. The van der Waals surface area contributed by atoms with Crippen molar-refractivity contribution in [1.29, 1.82) is 0 Å². The summed E-state index contributed by atoms with van der Waals surface area (Å²) in [7, 11) is -3.21. The zero-order chi connectivity index (χ0) is 17.7. The minimum Gasteiger partial charge on any atom is -0.212 e. The standard InChI is InChI=1S/C20H24FNO2S/c21-20-8-4-7-19(16-20)15-18-9-12-22(13-10-18)25(23,24)14-11-17-5-2-1-3-6-17/h1-8,16,18H,9-15H2. The molecule has 0 amide bonds. The first-order valence-corrected chi connectivity index (χ1v) is 10.4. The number of hydrogen-bond acceptors (Lipinski definition) is 2. The van der Waals surface area contributed by atoms with Crippen LogP contribution in [0.15, 0.2) is 54.6 Å². The summed E-state index contributed by atoms with van der Waals surface area (Å²) < 4.78 is 40.0. The van der Waals surface area contributed by atoms with Gasteiger partial charge in [-0.1, -0.05) is 42.5 Å². The predicted octanol–water partition coefficient (Wildman–Crippen LogP) is 3.65. The number of nitrogens with zero attached hydrogens (tertiary/aromatic N) is 1. The molecule has 0 atom stereocenters. The van der Waals surface area contributed by atoms with Gasteiger partial charge in [-0.3, -0.25) is 0 Å². The Morgan fingerprint density at radius 2 is 1.64 bits per heavy atom. The Kier molecular flexibility index (Phi) is 5.86. The molecule has 0 unspecified atom stereocenters. The molecule has 0 aliphatic carbocycles. The van der Waals surface area contributed by atoms with Crippen LogP contribution in [0.25, 0.3) is 0 Å². The molecule has 1 heterocycles. The van der Waals surface area contributed by atoms with Crippen molar-refractivity contribution in [2.75, 3.05) is 18.8 Å². The molecule has 0 saturated carbocycles. The molecule has 5 heteroatoms. The maximum Gasteiger partial charge on any atom is 0.214 e. The Hall–Kier alpha value is -1.72. The highest BCUT2D eigenvalue weighted by molar-refractivity contribution is 7.89. The third kappa shape index (κ3) is 5.13. The van der Waals surface area contributed by atoms with E-state index in [4.69, 9.17) is 0 Å². The Labute approximate surface area is 149 Å². The van der Waals surface area contributed by atoms with Crippen molar-refractivity contribution in [2.45, 2.75) is 25.7 Å². The predicted molar refractivity (Wildman–Crippen MR) is 98.3 cm³/mol. The molecule has 1 fully saturated rings. The average Bonchev–Trinajstić information content (AvgIpc) is 2.62. The lowest BCUT2D eigenvalue weighted by Crippen LogP contribution is -2.40. The van der Waals surface area contributed by atoms with Crippen LogP contribution in [-0.4, -0.2) is 31.6 Å². The van der Waals surface area contributed by atoms with Gasteiger partial charge in [-0.25, -0.2) is 17.1 Å². The molecule has 1 aliphatic rings. The number of rotatable bonds is 6. The van der Waals surface area contributed by atoms with Crippen LogP contribution in [0.2, 0.25) is 0 Å². The number of halogens is 1. The maximum absolute atomic E-state index is 13.3. The van der Waals surface area contributed by atoms with Crippen LogP contribution in [0.1, 0.15) is 24.0 Å². The minimum atomic E-state index is -3.21. The minimum absolute atomic E-state index is 0.158. The van der Waals surface area contributed by atoms with Gasteiger partial charge >= 0.3 is 0 Å². The van der Waals surface area contributed by atoms with E-state index in [9.17, 15) is 12.8 Å². The average molecular weight is 361 g/mol. The van der Waals surface area contributed by atoms with Crippen LogP contribution in [0.3, 0.4) is 0 Å². The first-order chi connectivity index (χ1) is 12.0. The molecule has 0 spiro atoms. The summed E-state index contributed by atoms with van der Waals surface area (Å²) in [5.41, 5.74) is 2.04. The van der Waals surface area contributed by atoms with Gasteiger partial charge < -0.3 is 0 Å². The highest BCUT2D eigenvalue weighted by Gasteiger charge is 2.27. The molecule has 25 heavy (non-hydrogen) atoms. The summed E-state index contributed by atoms with van der Waals surface area (Å²) in [6.07, 6.45) is 3.03. The number of aryl methyl sites for hydroxylation is 1. The van der Waals surface area contributed by atoms with E-state index in [0.717, 1.165) is 30.4 Å². The van der Waals surface area contributed by atoms with Crippen LogP contribution in [0.4, 0.5) is 4.39 Å². The van der Waals surface area contributed by atoms with Crippen LogP contribution in [0.5, 0.6) is 0 Å². The lowest BCUT2D eigenvalue weighted by Gasteiger charge is -2.31. The van der Waals surface area contributed by atoms with Crippen LogP contribution >= 0.6 is 0 Å². The number of sulfonamides is 1. The third-order valence-corrected chi connectivity index (χ3v) is 6.74. The molecule has 0 bridgehead atoms. The van der Waals surface area contributed by atoms with E-state index >= 15 is 0 Å². The second-order valence-electron chi connectivity index (χ2n) is 6.73. The Morgan fingerprint density at radius 3 is 2.32 bits per heavy atom. The van der Waals surface area contributed by atoms with Crippen LogP contribution in [-0.2, 0) is 22.9 Å². The van der Waals surface area contributed by atoms with Crippen molar-refractivity contribution in [3.05, 3.63) is 71.5 Å². The van der Waals surface area contributed by atoms with Crippen molar-refractivity contribution in [3.8, 4) is 0 Å². The summed E-state index contributed by atoms with van der Waals surface area (Å²) in [6, 6.07) is 16.4. The maximum atomic E-state index is 13.3. The first kappa shape index (κ1) is 18.1. The summed E-state index contributed by atoms with van der Waals surface area (Å²) in [5, 5.41) is 0. The van der Waals surface area contributed by atoms with Crippen molar-refractivity contribution in [2.24, 2.45) is 5.92 Å². The van der Waals surface area contributed by atoms with Gasteiger partial charge in [-0.15, -0.1) is 0 Å². The van der Waals surface area contributed by atoms with E-state index in [1.165, 1.54) is 6.07 Å². The molecular weight excluding hydrogens is 337 g/mol. The van der Waals surface area contributed by atoms with E-state index < -0.39 is 10.0 Å². The van der Waals surface area contributed by atoms with Gasteiger partial charge in [-0.2, -0.15) is 0 Å². The SMILES string of the molecule is O=S(=O)(CCc1ccccc1)N1CCC(Cc2cccc(F)c2)CC1. The molecule has 0 radical (unpaired) electrons. The van der Waals surface area contributed by atoms with Gasteiger partial charge in [0.2, 0.25) is 10.0 Å². The van der Waals surface area contributed by atoms with Gasteiger partial charge in [0.25, 0.3) is 0 Å². The second-order valence-corrected chi connectivity index (χ2v) is 8.82. The Morgan fingerprint density at radius 1 is 0.960 bits per heavy atom. The summed E-state index contributed by atoms with van der Waals surface area (Å²) in [4.78, 5) is 0. The second kappa shape index (κ2) is 8.11. The fraction of sp³-hybridized carbons (Fsp3) is 0.400. The quantitative estimate of drug-likeness (QED) is 0.787. The van der Waals surface area contributed by atoms with Gasteiger partial charge in [0.05, 0.1) is 5.75 Å². The fourth-order valence-corrected chi connectivity index (χ4v) is 4.93. The molecule has 3 rings (SSSR count). The molecular formula is C20H24FNO2S. The van der Waals surface area contributed by atoms with E-state index in [1.54, 1.807) is 16.4 Å². The van der Waals surface area contributed by atoms with E-state index in [2.05, 4.69) is 0 Å². The van der Waals surface area contributed by atoms with Crippen molar-refractivity contribution in [1.82, 2.24) is 4.31 Å². The topological polar surface area (TPSA) is 37.4 Å². The third-order valence-electron chi connectivity index (χ3n) is 4.87. The molecule has 2 aromatic carbocycles. The van der Waals surface area contributed by atoms with E-state index in [0.29, 0.717) is 25.4 Å². The molecule has 0 aromatic heterocycles. The monoisotopic (exact) mass is 361 g/mol. The molecule has 1 saturated heterocycles. The molecule has 0 N–H and O–H groups in total. The van der Waals surface area contributed by atoms with E-state index in [-0.39, 0.29) is 11.6 Å². The first-order valence-electron chi connectivity index (χ1n) is 8.79. The van der Waals surface area contributed by atoms with Gasteiger partial charge in [0, 0.05) is 13.1 Å². The van der Waals surface area contributed by atoms with Crippen LogP contribution in [0, 0.1) is 11.7 Å². The fourth-order valence-electron chi connectivity index (χ4n) is 3.41. The van der Waals surface area contributed by atoms with Gasteiger partial charge in [0.15, 0.2) is 0 Å². The van der Waals surface area contributed by atoms with Gasteiger partial charge in [0.1, 0.15) is 5.82 Å². The smallest absolute Gasteiger partial charge is 0.212 e. The lowest BCUT2D eigenvalue weighted by atomic mass is 9.91. The lowest BCUT2D eigenvalue weighted by molar-refractivity contribution is 0.273. The highest BCUT2D eigenvalue weighted by atomic mass is 32.2. The largest absolute Gasteiger partial charge is 0.214 e. The molecule has 2 aromatic rings. The van der Waals surface area contributed by atoms with Crippen molar-refractivity contribution >= 4 is 10.0 Å². The summed E-state index contributed by atoms with van der Waals surface area (Å²) >= 11 is 0. The summed E-state index contributed by atoms with van der Waals surface area (Å²) in [6.45, 7) is 1.13. The Balaban J connectivity index is 1.50. The zero-order valence-corrected chi connectivity index (χ0v) is 15.1. The highest BCUT2D eigenvalue weighted by Crippen LogP contribution is 2.24. The van der Waals surface area contributed by atoms with E-state index in [1.807, 2.05) is 36.4 Å². The van der Waals surface area contributed by atoms with Crippen molar-refractivity contribution in [3.63, 3.8) is 0 Å². The summed E-state index contributed by atoms with van der Waals surface area (Å²) in [5.74, 6) is 0.367. The number of benzene rings is 2.